The number of aromatic amines is 1. The monoisotopic (exact) mass is 311 g/mol. The predicted octanol–water partition coefficient (Wildman–Crippen LogP) is 3.30. The van der Waals surface area contributed by atoms with Gasteiger partial charge in [-0.15, -0.1) is 0 Å². The summed E-state index contributed by atoms with van der Waals surface area (Å²) in [4.78, 5) is 15.0. The number of aromatic nitrogens is 2. The van der Waals surface area contributed by atoms with Gasteiger partial charge in [-0.2, -0.15) is 0 Å². The number of benzene rings is 1. The van der Waals surface area contributed by atoms with Crippen molar-refractivity contribution >= 4 is 17.1 Å². The second kappa shape index (κ2) is 4.85. The van der Waals surface area contributed by atoms with Crippen LogP contribution in [0.1, 0.15) is 24.3 Å². The summed E-state index contributed by atoms with van der Waals surface area (Å²) >= 11 is 6.28. The van der Waals surface area contributed by atoms with Crippen LogP contribution in [-0.4, -0.2) is 9.38 Å². The molecule has 22 heavy (non-hydrogen) atoms. The number of hydrogen-bond acceptors (Lipinski definition) is 2. The molecule has 4 nitrogen and oxygen atoms in total. The average molecular weight is 312 g/mol. The van der Waals surface area contributed by atoms with Gasteiger partial charge in [-0.05, 0) is 42.5 Å². The number of pyridine rings is 1. The molecule has 0 unspecified atom stereocenters. The van der Waals surface area contributed by atoms with Crippen molar-refractivity contribution in [1.29, 1.82) is 5.41 Å². The van der Waals surface area contributed by atoms with Gasteiger partial charge >= 0.3 is 0 Å². The van der Waals surface area contributed by atoms with Gasteiger partial charge in [0.25, 0.3) is 5.56 Å². The molecule has 1 aromatic carbocycles. The maximum Gasteiger partial charge on any atom is 0.260 e. The number of rotatable bonds is 2. The molecule has 0 atom stereocenters. The predicted molar refractivity (Wildman–Crippen MR) is 86.3 cm³/mol. The number of fused-ring (bicyclic) bond motifs is 1. The minimum absolute atomic E-state index is 0.0677. The van der Waals surface area contributed by atoms with Crippen LogP contribution < -0.4 is 11.2 Å². The van der Waals surface area contributed by atoms with E-state index >= 15 is 0 Å². The van der Waals surface area contributed by atoms with Crippen molar-refractivity contribution in [2.24, 2.45) is 0 Å². The van der Waals surface area contributed by atoms with Crippen molar-refractivity contribution in [2.45, 2.75) is 18.8 Å². The molecule has 3 aromatic rings. The summed E-state index contributed by atoms with van der Waals surface area (Å²) in [6, 6.07) is 11.3. The highest BCUT2D eigenvalue weighted by Gasteiger charge is 2.24. The molecule has 1 saturated carbocycles. The fraction of sp³-hybridized carbons (Fsp3) is 0.176. The lowest BCUT2D eigenvalue weighted by Gasteiger charge is -2.11. The topological polar surface area (TPSA) is 61.1 Å². The summed E-state index contributed by atoms with van der Waals surface area (Å²) in [6.45, 7) is 0. The fourth-order valence-electron chi connectivity index (χ4n) is 2.85. The SMILES string of the molecule is N=c1[nH]c(=O)c(-c2ccccc2Cl)c2cc(C3CC3)ccn12. The van der Waals surface area contributed by atoms with E-state index in [4.69, 9.17) is 17.0 Å². The van der Waals surface area contributed by atoms with Gasteiger partial charge in [-0.1, -0.05) is 29.8 Å². The van der Waals surface area contributed by atoms with Crippen molar-refractivity contribution in [3.8, 4) is 11.1 Å². The molecule has 1 aliphatic carbocycles. The quantitative estimate of drug-likeness (QED) is 0.749. The number of nitrogens with zero attached hydrogens (tertiary/aromatic N) is 1. The highest BCUT2D eigenvalue weighted by Crippen LogP contribution is 2.40. The summed E-state index contributed by atoms with van der Waals surface area (Å²) in [5.74, 6) is 0.581. The first-order valence-electron chi connectivity index (χ1n) is 7.23. The molecule has 110 valence electrons. The van der Waals surface area contributed by atoms with E-state index in [0.29, 0.717) is 22.1 Å². The molecule has 0 aliphatic heterocycles. The third-order valence-corrected chi connectivity index (χ3v) is 4.46. The lowest BCUT2D eigenvalue weighted by atomic mass is 10.0. The van der Waals surface area contributed by atoms with E-state index in [0.717, 1.165) is 5.52 Å². The molecule has 2 heterocycles. The Hall–Kier alpha value is -2.33. The zero-order valence-electron chi connectivity index (χ0n) is 11.8. The van der Waals surface area contributed by atoms with E-state index in [9.17, 15) is 4.79 Å². The smallest absolute Gasteiger partial charge is 0.260 e. The molecule has 0 amide bonds. The van der Waals surface area contributed by atoms with E-state index < -0.39 is 0 Å². The van der Waals surface area contributed by atoms with Crippen LogP contribution in [0.25, 0.3) is 16.6 Å². The molecule has 0 bridgehead atoms. The van der Waals surface area contributed by atoms with Crippen LogP contribution in [0, 0.1) is 5.41 Å². The molecular weight excluding hydrogens is 298 g/mol. The zero-order chi connectivity index (χ0) is 15.3. The Kier molecular flexibility index (Phi) is 2.94. The molecule has 1 aliphatic rings. The fourth-order valence-corrected chi connectivity index (χ4v) is 3.08. The van der Waals surface area contributed by atoms with Gasteiger partial charge in [0, 0.05) is 16.8 Å². The molecule has 5 heteroatoms. The molecular formula is C17H14ClN3O. The molecule has 0 spiro atoms. The Morgan fingerprint density at radius 2 is 2.00 bits per heavy atom. The normalized spacial score (nSPS) is 14.4. The lowest BCUT2D eigenvalue weighted by Crippen LogP contribution is -2.27. The number of nitrogens with one attached hydrogen (secondary N) is 2. The van der Waals surface area contributed by atoms with E-state index in [1.807, 2.05) is 36.5 Å². The zero-order valence-corrected chi connectivity index (χ0v) is 12.5. The first-order valence-corrected chi connectivity index (χ1v) is 7.61. The summed E-state index contributed by atoms with van der Waals surface area (Å²) in [5.41, 5.74) is 2.94. The Bertz CT molecular complexity index is 999. The van der Waals surface area contributed by atoms with Crippen molar-refractivity contribution in [2.75, 3.05) is 0 Å². The van der Waals surface area contributed by atoms with Crippen LogP contribution in [0.4, 0.5) is 0 Å². The first-order chi connectivity index (χ1) is 10.6. The minimum atomic E-state index is -0.286. The first kappa shape index (κ1) is 13.3. The van der Waals surface area contributed by atoms with Crippen molar-refractivity contribution in [3.05, 3.63) is 69.2 Å². The Morgan fingerprint density at radius 1 is 1.23 bits per heavy atom. The van der Waals surface area contributed by atoms with Gasteiger partial charge in [-0.25, -0.2) is 0 Å². The van der Waals surface area contributed by atoms with E-state index in [-0.39, 0.29) is 11.2 Å². The largest absolute Gasteiger partial charge is 0.292 e. The maximum absolute atomic E-state index is 12.5. The Morgan fingerprint density at radius 3 is 2.73 bits per heavy atom. The van der Waals surface area contributed by atoms with Crippen molar-refractivity contribution < 1.29 is 0 Å². The van der Waals surface area contributed by atoms with Gasteiger partial charge < -0.3 is 0 Å². The molecule has 2 aromatic heterocycles. The third kappa shape index (κ3) is 2.07. The van der Waals surface area contributed by atoms with E-state index in [1.165, 1.54) is 18.4 Å². The third-order valence-electron chi connectivity index (χ3n) is 4.13. The van der Waals surface area contributed by atoms with Gasteiger partial charge in [0.05, 0.1) is 11.1 Å². The van der Waals surface area contributed by atoms with Crippen LogP contribution in [0.5, 0.6) is 0 Å². The van der Waals surface area contributed by atoms with Crippen LogP contribution in [0.2, 0.25) is 5.02 Å². The van der Waals surface area contributed by atoms with Crippen molar-refractivity contribution in [1.82, 2.24) is 9.38 Å². The summed E-state index contributed by atoms with van der Waals surface area (Å²) < 4.78 is 1.69. The maximum atomic E-state index is 12.5. The molecule has 0 radical (unpaired) electrons. The lowest BCUT2D eigenvalue weighted by molar-refractivity contribution is 0.888. The van der Waals surface area contributed by atoms with Crippen LogP contribution in [-0.2, 0) is 0 Å². The van der Waals surface area contributed by atoms with Gasteiger partial charge in [-0.3, -0.25) is 19.6 Å². The van der Waals surface area contributed by atoms with Gasteiger partial charge in [0.15, 0.2) is 0 Å². The minimum Gasteiger partial charge on any atom is -0.292 e. The summed E-state index contributed by atoms with van der Waals surface area (Å²) in [5, 5.41) is 8.52. The summed E-state index contributed by atoms with van der Waals surface area (Å²) in [6.07, 6.45) is 4.23. The highest BCUT2D eigenvalue weighted by atomic mass is 35.5. The van der Waals surface area contributed by atoms with Gasteiger partial charge in [0.1, 0.15) is 0 Å². The van der Waals surface area contributed by atoms with Crippen molar-refractivity contribution in [3.63, 3.8) is 0 Å². The standard InChI is InChI=1S/C17H14ClN3O/c18-13-4-2-1-3-12(13)15-14-9-11(10-5-6-10)7-8-21(14)17(19)20-16(15)22/h1-4,7-10H,5-6H2,(H2,19,20,22). The van der Waals surface area contributed by atoms with E-state index in [1.54, 1.807) is 10.5 Å². The average Bonchev–Trinajstić information content (AvgIpc) is 3.33. The second-order valence-electron chi connectivity index (χ2n) is 5.65. The van der Waals surface area contributed by atoms with Gasteiger partial charge in [0.2, 0.25) is 5.62 Å². The second-order valence-corrected chi connectivity index (χ2v) is 6.05. The number of hydrogen-bond donors (Lipinski definition) is 2. The van der Waals surface area contributed by atoms with Crippen LogP contribution in [0.3, 0.4) is 0 Å². The van der Waals surface area contributed by atoms with E-state index in [2.05, 4.69) is 4.98 Å². The molecule has 2 N–H and O–H groups in total. The Labute approximate surface area is 131 Å². The number of H-pyrrole nitrogens is 1. The summed E-state index contributed by atoms with van der Waals surface area (Å²) in [7, 11) is 0. The van der Waals surface area contributed by atoms with Crippen LogP contribution in [0.15, 0.2) is 47.4 Å². The molecule has 0 saturated heterocycles. The Balaban J connectivity index is 2.12. The number of halogens is 1. The molecule has 1 fully saturated rings. The molecule has 4 rings (SSSR count). The highest BCUT2D eigenvalue weighted by molar-refractivity contribution is 6.33. The van der Waals surface area contributed by atoms with Crippen LogP contribution >= 0.6 is 11.6 Å².